The number of phenols is 2. The molecule has 2 aliphatic rings. The molecule has 2 aromatic carbocycles. The van der Waals surface area contributed by atoms with E-state index in [0.29, 0.717) is 6.08 Å². The summed E-state index contributed by atoms with van der Waals surface area (Å²) in [5, 5.41) is 130. The minimum Gasteiger partial charge on any atom is -0.504 e. The Morgan fingerprint density at radius 2 is 1.48 bits per heavy atom. The molecule has 17 nitrogen and oxygen atoms in total. The van der Waals surface area contributed by atoms with Gasteiger partial charge in [-0.2, -0.15) is 0 Å². The van der Waals surface area contributed by atoms with Crippen molar-refractivity contribution < 1.29 is 85.0 Å². The fraction of sp³-hybridized carbons (Fsp3) is 0.516. The molecule has 0 aliphatic carbocycles. The number of carbonyl (C=O) groups is 1. The number of rotatable bonds is 10. The maximum Gasteiger partial charge on any atom is 0.212 e. The highest BCUT2D eigenvalue weighted by atomic mass is 16.7. The summed E-state index contributed by atoms with van der Waals surface area (Å²) in [5.41, 5.74) is -7.50. The first-order valence-corrected chi connectivity index (χ1v) is 14.6. The first-order chi connectivity index (χ1) is 22.5. The van der Waals surface area contributed by atoms with Crippen LogP contribution in [0.1, 0.15) is 29.5 Å². The van der Waals surface area contributed by atoms with Crippen molar-refractivity contribution in [3.63, 3.8) is 0 Å². The summed E-state index contributed by atoms with van der Waals surface area (Å²) in [4.78, 5) is 13.9. The zero-order valence-electron chi connectivity index (χ0n) is 26.0. The summed E-state index contributed by atoms with van der Waals surface area (Å²) in [6.45, 7) is -0.585. The second kappa shape index (κ2) is 13.8. The van der Waals surface area contributed by atoms with E-state index in [1.807, 2.05) is 0 Å². The van der Waals surface area contributed by atoms with Crippen molar-refractivity contribution in [2.45, 2.75) is 72.7 Å². The van der Waals surface area contributed by atoms with E-state index in [9.17, 15) is 66.1 Å². The lowest BCUT2D eigenvalue weighted by molar-refractivity contribution is -0.381. The van der Waals surface area contributed by atoms with Crippen molar-refractivity contribution >= 4 is 11.9 Å². The lowest BCUT2D eigenvalue weighted by Crippen LogP contribution is -2.77. The van der Waals surface area contributed by atoms with Gasteiger partial charge < -0.3 is 80.2 Å². The van der Waals surface area contributed by atoms with Crippen molar-refractivity contribution in [3.8, 4) is 23.0 Å². The van der Waals surface area contributed by atoms with Gasteiger partial charge in [-0.05, 0) is 35.4 Å². The molecule has 11 atom stereocenters. The number of aliphatic hydroxyl groups is 10. The molecule has 48 heavy (non-hydrogen) atoms. The number of ether oxygens (including phenoxy) is 4. The Labute approximate surface area is 273 Å². The normalized spacial score (nSPS) is 36.1. The summed E-state index contributed by atoms with van der Waals surface area (Å²) in [5.74, 6) is -7.66. The van der Waals surface area contributed by atoms with Gasteiger partial charge in [-0.3, -0.25) is 4.79 Å². The molecule has 17 heteroatoms. The SMILES string of the molecule is COc1ccc(C(C)C2(O)O[C@H](CO)[C@@H](O)[C@H](O)[C@@]2(O)C(=O)/C=C/c2ccc(OC)c(O)c2[C@]2(O)C(O)O[C@H](CO)[C@@H](O)[C@@H]2O)cc1O. The summed E-state index contributed by atoms with van der Waals surface area (Å²) in [7, 11) is 2.42. The van der Waals surface area contributed by atoms with Crippen LogP contribution in [0.5, 0.6) is 23.0 Å². The molecule has 12 N–H and O–H groups in total. The highest BCUT2D eigenvalue weighted by Crippen LogP contribution is 2.49. The third kappa shape index (κ3) is 5.70. The van der Waals surface area contributed by atoms with Gasteiger partial charge in [0.2, 0.25) is 11.4 Å². The zero-order chi connectivity index (χ0) is 35.9. The molecule has 2 aromatic rings. The molecule has 0 radical (unpaired) electrons. The number of aliphatic hydroxyl groups excluding tert-OH is 7. The lowest BCUT2D eigenvalue weighted by atomic mass is 9.70. The Kier molecular flexibility index (Phi) is 10.8. The Balaban J connectivity index is 1.85. The van der Waals surface area contributed by atoms with Gasteiger partial charge in [0.25, 0.3) is 0 Å². The van der Waals surface area contributed by atoms with Crippen molar-refractivity contribution in [2.75, 3.05) is 27.4 Å². The van der Waals surface area contributed by atoms with Crippen LogP contribution in [-0.2, 0) is 19.9 Å². The average Bonchev–Trinajstić information content (AvgIpc) is 3.07. The second-order valence-electron chi connectivity index (χ2n) is 11.6. The van der Waals surface area contributed by atoms with Gasteiger partial charge in [0.1, 0.15) is 36.6 Å². The van der Waals surface area contributed by atoms with E-state index in [-0.39, 0.29) is 22.6 Å². The molecule has 0 amide bonds. The van der Waals surface area contributed by atoms with E-state index >= 15 is 0 Å². The molecular formula is C31H40O17. The molecule has 2 aliphatic heterocycles. The third-order valence-corrected chi connectivity index (χ3v) is 9.08. The number of carbonyl (C=O) groups excluding carboxylic acids is 1. The summed E-state index contributed by atoms with van der Waals surface area (Å²) in [6.07, 6.45) is -13.2. The quantitative estimate of drug-likeness (QED) is 0.109. The summed E-state index contributed by atoms with van der Waals surface area (Å²) in [6, 6.07) is 6.07. The van der Waals surface area contributed by atoms with Crippen LogP contribution in [0.25, 0.3) is 6.08 Å². The van der Waals surface area contributed by atoms with Crippen molar-refractivity contribution in [2.24, 2.45) is 0 Å². The van der Waals surface area contributed by atoms with Gasteiger partial charge >= 0.3 is 0 Å². The van der Waals surface area contributed by atoms with Crippen molar-refractivity contribution in [1.29, 1.82) is 0 Å². The van der Waals surface area contributed by atoms with E-state index < -0.39 is 102 Å². The molecule has 3 unspecified atom stereocenters. The van der Waals surface area contributed by atoms with Gasteiger partial charge in [-0.15, -0.1) is 0 Å². The Morgan fingerprint density at radius 1 is 0.896 bits per heavy atom. The Morgan fingerprint density at radius 3 is 2.04 bits per heavy atom. The van der Waals surface area contributed by atoms with E-state index in [1.54, 1.807) is 0 Å². The topological polar surface area (TPSA) is 297 Å². The molecule has 266 valence electrons. The van der Waals surface area contributed by atoms with Crippen LogP contribution < -0.4 is 9.47 Å². The van der Waals surface area contributed by atoms with E-state index in [2.05, 4.69) is 0 Å². The summed E-state index contributed by atoms with van der Waals surface area (Å²) >= 11 is 0. The van der Waals surface area contributed by atoms with E-state index in [4.69, 9.17) is 18.9 Å². The minimum atomic E-state index is -3.41. The maximum absolute atomic E-state index is 13.9. The van der Waals surface area contributed by atoms with E-state index in [0.717, 1.165) is 31.4 Å². The zero-order valence-corrected chi connectivity index (χ0v) is 26.0. The minimum absolute atomic E-state index is 0.0404. The molecule has 2 saturated heterocycles. The predicted octanol–water partition coefficient (Wildman–Crippen LogP) is -3.35. The average molecular weight is 685 g/mol. The third-order valence-electron chi connectivity index (χ3n) is 9.08. The second-order valence-corrected chi connectivity index (χ2v) is 11.6. The number of benzene rings is 2. The van der Waals surface area contributed by atoms with Crippen LogP contribution in [0.3, 0.4) is 0 Å². The van der Waals surface area contributed by atoms with Crippen LogP contribution in [0.4, 0.5) is 0 Å². The van der Waals surface area contributed by atoms with Gasteiger partial charge in [0.05, 0.1) is 27.4 Å². The molecular weight excluding hydrogens is 644 g/mol. The van der Waals surface area contributed by atoms with E-state index in [1.165, 1.54) is 26.2 Å². The van der Waals surface area contributed by atoms with Crippen LogP contribution in [0, 0.1) is 0 Å². The summed E-state index contributed by atoms with van der Waals surface area (Å²) < 4.78 is 20.7. The predicted molar refractivity (Wildman–Crippen MR) is 160 cm³/mol. The number of hydrogen-bond donors (Lipinski definition) is 12. The van der Waals surface area contributed by atoms with Gasteiger partial charge in [-0.25, -0.2) is 0 Å². The monoisotopic (exact) mass is 684 g/mol. The molecule has 0 saturated carbocycles. The Bertz CT molecular complexity index is 1520. The first-order valence-electron chi connectivity index (χ1n) is 14.6. The molecule has 0 bridgehead atoms. The lowest BCUT2D eigenvalue weighted by Gasteiger charge is -2.54. The molecule has 0 spiro atoms. The smallest absolute Gasteiger partial charge is 0.212 e. The number of hydrogen-bond acceptors (Lipinski definition) is 17. The highest BCUT2D eigenvalue weighted by Gasteiger charge is 2.68. The van der Waals surface area contributed by atoms with Crippen molar-refractivity contribution in [3.05, 3.63) is 53.1 Å². The van der Waals surface area contributed by atoms with Crippen LogP contribution in [0.15, 0.2) is 36.4 Å². The fourth-order valence-corrected chi connectivity index (χ4v) is 6.14. The number of methoxy groups -OCH3 is 2. The standard InChI is InChI=1S/C31H40O17/c1-13(15-5-7-17(45-2)16(34)10-15)31(44)30(43,27(40)25(38)20(12-33)48-31)21(35)9-6-14-4-8-18(46-3)23(36)22(14)29(42)26(39)24(37)19(11-32)47-28(29)41/h4-10,13,19-20,24-28,32-34,36-44H,11-12H2,1-3H3/b9-6+/t13?,19-,20-,24-,25-,26+,27+,28?,29-,30+,31?/m1/s1. The van der Waals surface area contributed by atoms with Gasteiger partial charge in [0, 0.05) is 11.5 Å². The largest absolute Gasteiger partial charge is 0.504 e. The Hall–Kier alpha value is -3.43. The van der Waals surface area contributed by atoms with Crippen LogP contribution in [-0.4, -0.2) is 149 Å². The maximum atomic E-state index is 13.9. The van der Waals surface area contributed by atoms with Gasteiger partial charge in [-0.1, -0.05) is 25.1 Å². The molecule has 0 aromatic heterocycles. The molecule has 4 rings (SSSR count). The molecule has 2 fully saturated rings. The number of phenolic OH excluding ortho intramolecular Hbond substituents is 2. The molecule has 2 heterocycles. The number of ketones is 1. The van der Waals surface area contributed by atoms with Crippen LogP contribution in [0.2, 0.25) is 0 Å². The highest BCUT2D eigenvalue weighted by molar-refractivity contribution is 6.01. The van der Waals surface area contributed by atoms with Crippen LogP contribution >= 0.6 is 0 Å². The fourth-order valence-electron chi connectivity index (χ4n) is 6.14. The van der Waals surface area contributed by atoms with Crippen molar-refractivity contribution in [1.82, 2.24) is 0 Å². The number of aromatic hydroxyl groups is 2. The first kappa shape index (κ1) is 37.4. The van der Waals surface area contributed by atoms with Gasteiger partial charge in [0.15, 0.2) is 40.7 Å².